The van der Waals surface area contributed by atoms with Crippen molar-refractivity contribution in [2.45, 2.75) is 44.2 Å². The van der Waals surface area contributed by atoms with Gasteiger partial charge in [-0.2, -0.15) is 4.31 Å². The van der Waals surface area contributed by atoms with E-state index in [0.717, 1.165) is 30.8 Å². The maximum atomic E-state index is 12.4. The Morgan fingerprint density at radius 1 is 1.44 bits per heavy atom. The summed E-state index contributed by atoms with van der Waals surface area (Å²) >= 11 is 1.51. The topological polar surface area (TPSA) is 49.4 Å². The summed E-state index contributed by atoms with van der Waals surface area (Å²) in [4.78, 5) is 1.52. The van der Waals surface area contributed by atoms with Crippen molar-refractivity contribution < 1.29 is 8.42 Å². The summed E-state index contributed by atoms with van der Waals surface area (Å²) in [5, 5.41) is 4.97. The summed E-state index contributed by atoms with van der Waals surface area (Å²) in [7, 11) is -3.28. The Balaban J connectivity index is 2.15. The molecule has 1 aliphatic carbocycles. The molecule has 0 radical (unpaired) electrons. The van der Waals surface area contributed by atoms with Gasteiger partial charge in [-0.25, -0.2) is 8.42 Å². The SMILES string of the molecule is CCNCc1cc(S(=O)(=O)N(CC)C2CC2)cs1. The summed E-state index contributed by atoms with van der Waals surface area (Å²) < 4.78 is 26.5. The molecule has 1 heterocycles. The van der Waals surface area contributed by atoms with Crippen LogP contribution in [0.15, 0.2) is 16.3 Å². The highest BCUT2D eigenvalue weighted by atomic mass is 32.2. The van der Waals surface area contributed by atoms with Gasteiger partial charge in [0, 0.05) is 29.4 Å². The lowest BCUT2D eigenvalue weighted by Gasteiger charge is -2.18. The summed E-state index contributed by atoms with van der Waals surface area (Å²) in [5.41, 5.74) is 0. The van der Waals surface area contributed by atoms with Gasteiger partial charge in [-0.1, -0.05) is 13.8 Å². The molecule has 1 aromatic rings. The van der Waals surface area contributed by atoms with E-state index in [2.05, 4.69) is 5.32 Å². The van der Waals surface area contributed by atoms with Gasteiger partial charge in [0.1, 0.15) is 0 Å². The van der Waals surface area contributed by atoms with Gasteiger partial charge in [0.15, 0.2) is 0 Å². The molecule has 18 heavy (non-hydrogen) atoms. The van der Waals surface area contributed by atoms with Crippen LogP contribution in [0.1, 0.15) is 31.6 Å². The van der Waals surface area contributed by atoms with Gasteiger partial charge >= 0.3 is 0 Å². The van der Waals surface area contributed by atoms with Gasteiger partial charge in [0.2, 0.25) is 10.0 Å². The van der Waals surface area contributed by atoms with E-state index in [1.165, 1.54) is 11.3 Å². The molecule has 1 saturated carbocycles. The number of nitrogens with one attached hydrogen (secondary N) is 1. The molecule has 0 atom stereocenters. The third-order valence-electron chi connectivity index (χ3n) is 3.05. The van der Waals surface area contributed by atoms with Crippen LogP contribution in [0.2, 0.25) is 0 Å². The lowest BCUT2D eigenvalue weighted by atomic mass is 10.4. The van der Waals surface area contributed by atoms with Gasteiger partial charge < -0.3 is 5.32 Å². The predicted molar refractivity (Wildman–Crippen MR) is 74.3 cm³/mol. The molecule has 0 spiro atoms. The third-order valence-corrected chi connectivity index (χ3v) is 6.14. The minimum Gasteiger partial charge on any atom is -0.312 e. The largest absolute Gasteiger partial charge is 0.312 e. The molecule has 1 N–H and O–H groups in total. The van der Waals surface area contributed by atoms with E-state index in [9.17, 15) is 8.42 Å². The molecule has 0 amide bonds. The van der Waals surface area contributed by atoms with Gasteiger partial charge in [0.05, 0.1) is 4.90 Å². The van der Waals surface area contributed by atoms with Crippen molar-refractivity contribution in [1.29, 1.82) is 0 Å². The highest BCUT2D eigenvalue weighted by Gasteiger charge is 2.37. The lowest BCUT2D eigenvalue weighted by molar-refractivity contribution is 0.421. The summed E-state index contributed by atoms with van der Waals surface area (Å²) in [6.45, 7) is 6.14. The first-order chi connectivity index (χ1) is 8.59. The molecule has 1 aromatic heterocycles. The fourth-order valence-electron chi connectivity index (χ4n) is 1.96. The van der Waals surface area contributed by atoms with Crippen molar-refractivity contribution >= 4 is 21.4 Å². The Morgan fingerprint density at radius 2 is 2.17 bits per heavy atom. The van der Waals surface area contributed by atoms with Crippen LogP contribution in [0.3, 0.4) is 0 Å². The fourth-order valence-corrected chi connectivity index (χ4v) is 4.89. The van der Waals surface area contributed by atoms with E-state index >= 15 is 0 Å². The molecule has 0 unspecified atom stereocenters. The highest BCUT2D eigenvalue weighted by molar-refractivity contribution is 7.89. The standard InChI is InChI=1S/C12H20N2O2S2/c1-3-13-8-11-7-12(9-17-11)18(15,16)14(4-2)10-5-6-10/h7,9-10,13H,3-6,8H2,1-2H3. The van der Waals surface area contributed by atoms with Gasteiger partial charge in [-0.05, 0) is 25.5 Å². The van der Waals surface area contributed by atoms with Crippen LogP contribution in [0.5, 0.6) is 0 Å². The van der Waals surface area contributed by atoms with Crippen molar-refractivity contribution in [1.82, 2.24) is 9.62 Å². The third kappa shape index (κ3) is 2.93. The van der Waals surface area contributed by atoms with E-state index in [4.69, 9.17) is 0 Å². The van der Waals surface area contributed by atoms with Crippen LogP contribution in [0.25, 0.3) is 0 Å². The molecule has 0 aliphatic heterocycles. The lowest BCUT2D eigenvalue weighted by Crippen LogP contribution is -2.32. The number of sulfonamides is 1. The average molecular weight is 288 g/mol. The molecule has 1 aliphatic rings. The molecule has 102 valence electrons. The molecule has 4 nitrogen and oxygen atoms in total. The summed E-state index contributed by atoms with van der Waals surface area (Å²) in [6, 6.07) is 2.03. The first-order valence-electron chi connectivity index (χ1n) is 6.39. The fraction of sp³-hybridized carbons (Fsp3) is 0.667. The van der Waals surface area contributed by atoms with Crippen molar-refractivity contribution in [3.63, 3.8) is 0 Å². The number of nitrogens with zero attached hydrogens (tertiary/aromatic N) is 1. The maximum Gasteiger partial charge on any atom is 0.244 e. The Morgan fingerprint density at radius 3 is 2.72 bits per heavy atom. The zero-order valence-corrected chi connectivity index (χ0v) is 12.5. The van der Waals surface area contributed by atoms with Crippen LogP contribution in [-0.2, 0) is 16.6 Å². The van der Waals surface area contributed by atoms with Crippen LogP contribution in [0, 0.1) is 0 Å². The van der Waals surface area contributed by atoms with E-state index in [0.29, 0.717) is 11.4 Å². The Bertz CT molecular complexity index is 492. The summed E-state index contributed by atoms with van der Waals surface area (Å²) in [6.07, 6.45) is 2.00. The minimum atomic E-state index is -3.28. The highest BCUT2D eigenvalue weighted by Crippen LogP contribution is 2.32. The number of rotatable bonds is 7. The zero-order chi connectivity index (χ0) is 13.2. The quantitative estimate of drug-likeness (QED) is 0.835. The second-order valence-electron chi connectivity index (χ2n) is 4.47. The van der Waals surface area contributed by atoms with E-state index in [1.807, 2.05) is 13.8 Å². The van der Waals surface area contributed by atoms with Gasteiger partial charge in [0.25, 0.3) is 0 Å². The van der Waals surface area contributed by atoms with Crippen molar-refractivity contribution in [3.05, 3.63) is 16.3 Å². The second kappa shape index (κ2) is 5.69. The number of hydrogen-bond donors (Lipinski definition) is 1. The summed E-state index contributed by atoms with van der Waals surface area (Å²) in [5.74, 6) is 0. The molecule has 2 rings (SSSR count). The number of hydrogen-bond acceptors (Lipinski definition) is 4. The first-order valence-corrected chi connectivity index (χ1v) is 8.71. The normalized spacial score (nSPS) is 16.4. The van der Waals surface area contributed by atoms with Crippen molar-refractivity contribution in [2.75, 3.05) is 13.1 Å². The molecule has 0 saturated heterocycles. The number of thiophene rings is 1. The van der Waals surface area contributed by atoms with E-state index < -0.39 is 10.0 Å². The van der Waals surface area contributed by atoms with Crippen LogP contribution in [0.4, 0.5) is 0 Å². The molecular formula is C12H20N2O2S2. The molecule has 1 fully saturated rings. The smallest absolute Gasteiger partial charge is 0.244 e. The average Bonchev–Trinajstić information content (AvgIpc) is 3.04. The molecule has 0 bridgehead atoms. The van der Waals surface area contributed by atoms with E-state index in [-0.39, 0.29) is 6.04 Å². The zero-order valence-electron chi connectivity index (χ0n) is 10.8. The van der Waals surface area contributed by atoms with Crippen molar-refractivity contribution in [3.8, 4) is 0 Å². The Labute approximate surface area is 113 Å². The monoisotopic (exact) mass is 288 g/mol. The van der Waals surface area contributed by atoms with Crippen molar-refractivity contribution in [2.24, 2.45) is 0 Å². The molecule has 0 aromatic carbocycles. The molecular weight excluding hydrogens is 268 g/mol. The molecule has 6 heteroatoms. The Hall–Kier alpha value is -0.430. The van der Waals surface area contributed by atoms with E-state index in [1.54, 1.807) is 15.8 Å². The van der Waals surface area contributed by atoms with Crippen LogP contribution >= 0.6 is 11.3 Å². The minimum absolute atomic E-state index is 0.233. The van der Waals surface area contributed by atoms with Crippen LogP contribution < -0.4 is 5.32 Å². The maximum absolute atomic E-state index is 12.4. The Kier molecular flexibility index (Phi) is 4.42. The van der Waals surface area contributed by atoms with Crippen LogP contribution in [-0.4, -0.2) is 31.9 Å². The van der Waals surface area contributed by atoms with Gasteiger partial charge in [-0.15, -0.1) is 11.3 Å². The predicted octanol–water partition coefficient (Wildman–Crippen LogP) is 2.03. The van der Waals surface area contributed by atoms with Gasteiger partial charge in [-0.3, -0.25) is 0 Å². The second-order valence-corrected chi connectivity index (χ2v) is 7.35. The first kappa shape index (κ1) is 14.0.